The molecular formula is C36H34F3N5O4. The van der Waals surface area contributed by atoms with Gasteiger partial charge in [0.1, 0.15) is 29.4 Å². The second kappa shape index (κ2) is 13.5. The molecule has 9 nitrogen and oxygen atoms in total. The van der Waals surface area contributed by atoms with Crippen LogP contribution >= 0.6 is 0 Å². The van der Waals surface area contributed by atoms with E-state index in [9.17, 15) is 23.5 Å². The number of alkyl halides is 1. The van der Waals surface area contributed by atoms with Crippen molar-refractivity contribution in [1.82, 2.24) is 19.4 Å². The Hall–Kier alpha value is -5.15. The molecule has 1 aliphatic carbocycles. The van der Waals surface area contributed by atoms with E-state index in [1.807, 2.05) is 30.3 Å². The molecule has 1 saturated heterocycles. The van der Waals surface area contributed by atoms with E-state index >= 15 is 4.39 Å². The number of nitrogen functional groups attached to an aromatic ring is 1. The van der Waals surface area contributed by atoms with Gasteiger partial charge in [-0.1, -0.05) is 36.3 Å². The van der Waals surface area contributed by atoms with Crippen LogP contribution in [-0.2, 0) is 11.3 Å². The Morgan fingerprint density at radius 3 is 2.40 bits per heavy atom. The number of ether oxygens (including phenoxy) is 1. The molecule has 2 aromatic heterocycles. The summed E-state index contributed by atoms with van der Waals surface area (Å²) >= 11 is 0. The molecule has 2 fully saturated rings. The number of hydrogen-bond donors (Lipinski definition) is 2. The van der Waals surface area contributed by atoms with Crippen LogP contribution in [-0.4, -0.2) is 54.8 Å². The van der Waals surface area contributed by atoms with E-state index in [1.165, 1.54) is 47.3 Å². The summed E-state index contributed by atoms with van der Waals surface area (Å²) in [6.07, 6.45) is 3.00. The van der Waals surface area contributed by atoms with E-state index < -0.39 is 40.3 Å². The fourth-order valence-electron chi connectivity index (χ4n) is 6.42. The Morgan fingerprint density at radius 2 is 1.71 bits per heavy atom. The van der Waals surface area contributed by atoms with Crippen LogP contribution in [0.25, 0.3) is 0 Å². The molecule has 0 bridgehead atoms. The molecule has 6 rings (SSSR count). The minimum atomic E-state index is -1.86. The van der Waals surface area contributed by atoms with Gasteiger partial charge in [-0.05, 0) is 79.5 Å². The summed E-state index contributed by atoms with van der Waals surface area (Å²) in [4.78, 5) is 36.7. The van der Waals surface area contributed by atoms with Gasteiger partial charge in [-0.2, -0.15) is 0 Å². The third-order valence-corrected chi connectivity index (χ3v) is 9.10. The smallest absolute Gasteiger partial charge is 0.280 e. The zero-order valence-electron chi connectivity index (χ0n) is 26.0. The number of aliphatic hydroxyl groups is 1. The van der Waals surface area contributed by atoms with E-state index in [0.29, 0.717) is 0 Å². The molecule has 0 spiro atoms. The van der Waals surface area contributed by atoms with Gasteiger partial charge in [0.25, 0.3) is 5.56 Å². The molecule has 1 aliphatic heterocycles. The molecule has 248 valence electrons. The van der Waals surface area contributed by atoms with Crippen molar-refractivity contribution in [2.45, 2.75) is 55.8 Å². The number of carbonyl (C=O) groups excluding carboxylic acids is 1. The van der Waals surface area contributed by atoms with Crippen molar-refractivity contribution in [3.05, 3.63) is 112 Å². The van der Waals surface area contributed by atoms with Gasteiger partial charge >= 0.3 is 0 Å². The number of aromatic nitrogens is 3. The van der Waals surface area contributed by atoms with Crippen molar-refractivity contribution in [3.63, 3.8) is 0 Å². The van der Waals surface area contributed by atoms with Crippen molar-refractivity contribution < 1.29 is 27.8 Å². The van der Waals surface area contributed by atoms with Crippen molar-refractivity contribution >= 4 is 11.6 Å². The highest BCUT2D eigenvalue weighted by atomic mass is 19.1. The molecule has 4 aromatic rings. The van der Waals surface area contributed by atoms with Crippen LogP contribution in [0.1, 0.15) is 49.3 Å². The number of likely N-dealkylation sites (tertiary alicyclic amines) is 1. The average molecular weight is 658 g/mol. The maximum atomic E-state index is 16.2. The number of pyridine rings is 1. The van der Waals surface area contributed by atoms with Gasteiger partial charge in [0, 0.05) is 25.4 Å². The number of piperidine rings is 1. The van der Waals surface area contributed by atoms with E-state index in [2.05, 4.69) is 21.8 Å². The predicted molar refractivity (Wildman–Crippen MR) is 172 cm³/mol. The third-order valence-electron chi connectivity index (χ3n) is 9.10. The van der Waals surface area contributed by atoms with Gasteiger partial charge in [-0.3, -0.25) is 14.2 Å². The number of nitrogens with two attached hydrogens (primary N) is 1. The first-order valence-electron chi connectivity index (χ1n) is 15.7. The Labute approximate surface area is 275 Å². The molecule has 0 radical (unpaired) electrons. The SMILES string of the molecule is Nc1c(Oc2ccc(F)cc2)ncn(CC2(O)CCN(C(=O)[C@@H]3CC[C@](F)(C#Cc4ccc(F)cn4)C[C@H]3c3ccccc3)CC2)c1=O. The minimum absolute atomic E-state index is 0.0115. The highest BCUT2D eigenvalue weighted by Crippen LogP contribution is 2.45. The largest absolute Gasteiger partial charge is 0.437 e. The van der Waals surface area contributed by atoms with Crippen molar-refractivity contribution in [2.75, 3.05) is 18.8 Å². The lowest BCUT2D eigenvalue weighted by atomic mass is 9.69. The van der Waals surface area contributed by atoms with Crippen LogP contribution in [0.4, 0.5) is 18.9 Å². The predicted octanol–water partition coefficient (Wildman–Crippen LogP) is 4.99. The second-order valence-corrected chi connectivity index (χ2v) is 12.4. The van der Waals surface area contributed by atoms with Crippen LogP contribution in [0.2, 0.25) is 0 Å². The summed E-state index contributed by atoms with van der Waals surface area (Å²) < 4.78 is 49.4. The second-order valence-electron chi connectivity index (χ2n) is 12.4. The Kier molecular flexibility index (Phi) is 9.24. The maximum absolute atomic E-state index is 16.2. The topological polar surface area (TPSA) is 124 Å². The Bertz CT molecular complexity index is 1890. The molecule has 48 heavy (non-hydrogen) atoms. The average Bonchev–Trinajstić information content (AvgIpc) is 3.09. The molecule has 1 amide bonds. The van der Waals surface area contributed by atoms with Crippen molar-refractivity contribution in [2.24, 2.45) is 5.92 Å². The van der Waals surface area contributed by atoms with Crippen molar-refractivity contribution in [3.8, 4) is 23.5 Å². The Balaban J connectivity index is 1.12. The van der Waals surface area contributed by atoms with E-state index in [-0.39, 0.29) is 80.7 Å². The van der Waals surface area contributed by atoms with Gasteiger partial charge < -0.3 is 20.5 Å². The van der Waals surface area contributed by atoms with Crippen molar-refractivity contribution in [1.29, 1.82) is 0 Å². The molecule has 1 saturated carbocycles. The molecule has 3 heterocycles. The Morgan fingerprint density at radius 1 is 1.00 bits per heavy atom. The monoisotopic (exact) mass is 657 g/mol. The third kappa shape index (κ3) is 7.37. The first-order chi connectivity index (χ1) is 23.0. The lowest BCUT2D eigenvalue weighted by molar-refractivity contribution is -0.142. The number of carbonyl (C=O) groups is 1. The number of nitrogens with zero attached hydrogens (tertiary/aromatic N) is 4. The van der Waals surface area contributed by atoms with Crippen LogP contribution < -0.4 is 16.0 Å². The van der Waals surface area contributed by atoms with Gasteiger partial charge in [0.05, 0.1) is 18.3 Å². The molecular weight excluding hydrogens is 623 g/mol. The molecule has 2 aliphatic rings. The standard InChI is InChI=1S/C36H34F3N5O4/c37-25-7-10-28(11-8-25)48-32-31(40)34(46)44(23-42-32)22-36(47)16-18-43(19-17-36)33(45)29-13-15-35(39,14-12-27-9-6-26(38)21-41-27)20-30(29)24-4-2-1-3-5-24/h1-11,21,23,29-30,47H,13,15-20,22,40H2/t29-,30+,35-/m1/s1. The number of benzene rings is 2. The molecule has 2 aromatic carbocycles. The molecule has 0 unspecified atom stereocenters. The summed E-state index contributed by atoms with van der Waals surface area (Å²) in [7, 11) is 0. The molecule has 12 heteroatoms. The van der Waals surface area contributed by atoms with Crippen LogP contribution in [0.15, 0.2) is 84.0 Å². The summed E-state index contributed by atoms with van der Waals surface area (Å²) in [6, 6.07) is 17.1. The zero-order valence-corrected chi connectivity index (χ0v) is 26.0. The van der Waals surface area contributed by atoms with Crippen LogP contribution in [0.3, 0.4) is 0 Å². The number of amides is 1. The summed E-state index contributed by atoms with van der Waals surface area (Å²) in [5, 5.41) is 11.4. The number of hydrogen-bond acceptors (Lipinski definition) is 7. The van der Waals surface area contributed by atoms with Crippen LogP contribution in [0.5, 0.6) is 11.6 Å². The number of rotatable bonds is 6. The maximum Gasteiger partial charge on any atom is 0.280 e. The van der Waals surface area contributed by atoms with E-state index in [1.54, 1.807) is 4.90 Å². The number of halogens is 3. The van der Waals surface area contributed by atoms with E-state index in [4.69, 9.17) is 10.5 Å². The summed E-state index contributed by atoms with van der Waals surface area (Å²) in [5.41, 5.74) is 3.07. The van der Waals surface area contributed by atoms with Gasteiger partial charge in [-0.25, -0.2) is 23.1 Å². The fourth-order valence-corrected chi connectivity index (χ4v) is 6.42. The first kappa shape index (κ1) is 32.8. The van der Waals surface area contributed by atoms with Gasteiger partial charge in [0.15, 0.2) is 11.4 Å². The fraction of sp³-hybridized carbons (Fsp3) is 0.333. The lowest BCUT2D eigenvalue weighted by Gasteiger charge is -2.43. The van der Waals surface area contributed by atoms with E-state index in [0.717, 1.165) is 11.8 Å². The van der Waals surface area contributed by atoms with Gasteiger partial charge in [-0.15, -0.1) is 0 Å². The lowest BCUT2D eigenvalue weighted by Crippen LogP contribution is -2.52. The summed E-state index contributed by atoms with van der Waals surface area (Å²) in [6.45, 7) is 0.394. The summed E-state index contributed by atoms with van der Waals surface area (Å²) in [5.74, 6) is 3.57. The molecule has 3 N–H and O–H groups in total. The minimum Gasteiger partial charge on any atom is -0.437 e. The molecule has 3 atom stereocenters. The highest BCUT2D eigenvalue weighted by Gasteiger charge is 2.46. The quantitative estimate of drug-likeness (QED) is 0.280. The number of anilines is 1. The zero-order chi connectivity index (χ0) is 33.9. The van der Waals surface area contributed by atoms with Gasteiger partial charge in [0.2, 0.25) is 11.8 Å². The van der Waals surface area contributed by atoms with Crippen LogP contribution in [0, 0.1) is 29.4 Å². The first-order valence-corrected chi connectivity index (χ1v) is 15.7. The normalized spacial score (nSPS) is 22.0. The highest BCUT2D eigenvalue weighted by molar-refractivity contribution is 5.80.